The molecule has 2 aliphatic heterocycles. The summed E-state index contributed by atoms with van der Waals surface area (Å²) < 4.78 is 0. The van der Waals surface area contributed by atoms with E-state index in [9.17, 15) is 14.4 Å². The number of benzene rings is 2. The summed E-state index contributed by atoms with van der Waals surface area (Å²) in [5, 5.41) is 0.431. The van der Waals surface area contributed by atoms with Crippen LogP contribution in [-0.4, -0.2) is 41.0 Å². The molecule has 0 fully saturated rings. The summed E-state index contributed by atoms with van der Waals surface area (Å²) in [6, 6.07) is 14.7. The molecule has 4 rings (SSSR count). The van der Waals surface area contributed by atoms with Crippen LogP contribution in [0.25, 0.3) is 0 Å². The number of hydrogen-bond acceptors (Lipinski definition) is 4. The first kappa shape index (κ1) is 17.8. The van der Waals surface area contributed by atoms with Crippen LogP contribution in [0.3, 0.4) is 0 Å². The second-order valence-corrected chi connectivity index (χ2v) is 8.27. The Morgan fingerprint density at radius 3 is 2.37 bits per heavy atom. The first-order valence-corrected chi connectivity index (χ1v) is 9.95. The molecule has 0 spiro atoms. The van der Waals surface area contributed by atoms with Gasteiger partial charge in [0.25, 0.3) is 11.8 Å². The third-order valence-corrected chi connectivity index (χ3v) is 6.21. The first-order chi connectivity index (χ1) is 13.1. The highest BCUT2D eigenvalue weighted by Gasteiger charge is 2.35. The fourth-order valence-corrected chi connectivity index (χ4v) is 4.64. The molecule has 2 aliphatic rings. The van der Waals surface area contributed by atoms with Gasteiger partial charge in [-0.1, -0.05) is 31.2 Å². The topological polar surface area (TPSA) is 57.7 Å². The fraction of sp³-hybridized carbons (Fsp3) is 0.286. The van der Waals surface area contributed by atoms with Crippen LogP contribution in [0, 0.1) is 0 Å². The molecule has 0 aliphatic carbocycles. The fourth-order valence-electron chi connectivity index (χ4n) is 3.53. The SMILES string of the molecule is C[C@H]1CCN(C(=O)CCN2C(=O)c3ccccc3C2=O)c2ccccc2S1. The molecule has 1 atom stereocenters. The van der Waals surface area contributed by atoms with Gasteiger partial charge in [-0.3, -0.25) is 19.3 Å². The van der Waals surface area contributed by atoms with Crippen molar-refractivity contribution in [2.24, 2.45) is 0 Å². The number of anilines is 1. The number of fused-ring (bicyclic) bond motifs is 2. The van der Waals surface area contributed by atoms with Crippen molar-refractivity contribution in [2.75, 3.05) is 18.0 Å². The smallest absolute Gasteiger partial charge is 0.261 e. The number of thioether (sulfide) groups is 1. The zero-order valence-corrected chi connectivity index (χ0v) is 15.9. The van der Waals surface area contributed by atoms with Gasteiger partial charge in [0.15, 0.2) is 0 Å². The van der Waals surface area contributed by atoms with Crippen LogP contribution in [0.15, 0.2) is 53.4 Å². The second kappa shape index (κ2) is 7.19. The Balaban J connectivity index is 1.49. The zero-order chi connectivity index (χ0) is 19.0. The van der Waals surface area contributed by atoms with Crippen LogP contribution >= 0.6 is 11.8 Å². The quantitative estimate of drug-likeness (QED) is 0.764. The van der Waals surface area contributed by atoms with Gasteiger partial charge >= 0.3 is 0 Å². The largest absolute Gasteiger partial charge is 0.311 e. The van der Waals surface area contributed by atoms with E-state index in [1.807, 2.05) is 24.3 Å². The summed E-state index contributed by atoms with van der Waals surface area (Å²) in [4.78, 5) is 41.9. The van der Waals surface area contributed by atoms with Crippen molar-refractivity contribution in [1.29, 1.82) is 0 Å². The number of carbonyl (C=O) groups is 3. The highest BCUT2D eigenvalue weighted by atomic mass is 32.2. The molecule has 0 aromatic heterocycles. The van der Waals surface area contributed by atoms with Crippen LogP contribution < -0.4 is 4.90 Å². The molecule has 0 saturated carbocycles. The van der Waals surface area contributed by atoms with Gasteiger partial charge < -0.3 is 4.90 Å². The summed E-state index contributed by atoms with van der Waals surface area (Å²) in [6.07, 6.45) is 1.02. The average Bonchev–Trinajstić information content (AvgIpc) is 2.81. The normalized spacial score (nSPS) is 18.9. The third kappa shape index (κ3) is 3.25. The predicted octanol–water partition coefficient (Wildman–Crippen LogP) is 3.59. The Morgan fingerprint density at radius 1 is 1.04 bits per heavy atom. The zero-order valence-electron chi connectivity index (χ0n) is 15.1. The van der Waals surface area contributed by atoms with Crippen LogP contribution in [0.4, 0.5) is 5.69 Å². The summed E-state index contributed by atoms with van der Waals surface area (Å²) in [7, 11) is 0. The molecule has 2 aromatic rings. The van der Waals surface area contributed by atoms with Crippen LogP contribution in [0.2, 0.25) is 0 Å². The summed E-state index contributed by atoms with van der Waals surface area (Å²) >= 11 is 1.78. The molecule has 5 nitrogen and oxygen atoms in total. The number of para-hydroxylation sites is 1. The second-order valence-electron chi connectivity index (χ2n) is 6.79. The van der Waals surface area contributed by atoms with Gasteiger partial charge in [0.1, 0.15) is 0 Å². The minimum atomic E-state index is -0.316. The lowest BCUT2D eigenvalue weighted by Gasteiger charge is -2.23. The minimum Gasteiger partial charge on any atom is -0.311 e. The maximum absolute atomic E-state index is 12.9. The monoisotopic (exact) mass is 380 g/mol. The minimum absolute atomic E-state index is 0.0614. The standard InChI is InChI=1S/C21H20N2O3S/c1-14-10-12-22(17-8-4-5-9-18(17)27-14)19(24)11-13-23-20(25)15-6-2-3-7-16(15)21(23)26/h2-9,14H,10-13H2,1H3/t14-/m0/s1. The van der Waals surface area contributed by atoms with E-state index < -0.39 is 0 Å². The maximum atomic E-state index is 12.9. The summed E-state index contributed by atoms with van der Waals surface area (Å²) in [6.45, 7) is 2.91. The van der Waals surface area contributed by atoms with Crippen molar-refractivity contribution in [3.63, 3.8) is 0 Å². The Kier molecular flexibility index (Phi) is 4.74. The maximum Gasteiger partial charge on any atom is 0.261 e. The molecule has 0 bridgehead atoms. The van der Waals surface area contributed by atoms with E-state index in [0.717, 1.165) is 17.0 Å². The molecule has 27 heavy (non-hydrogen) atoms. The van der Waals surface area contributed by atoms with Gasteiger partial charge in [-0.15, -0.1) is 11.8 Å². The number of amides is 3. The lowest BCUT2D eigenvalue weighted by atomic mass is 10.1. The van der Waals surface area contributed by atoms with E-state index in [1.165, 1.54) is 4.90 Å². The molecule has 0 N–H and O–H groups in total. The molecule has 0 unspecified atom stereocenters. The molecular weight excluding hydrogens is 360 g/mol. The Morgan fingerprint density at radius 2 is 1.67 bits per heavy atom. The van der Waals surface area contributed by atoms with Crippen molar-refractivity contribution in [3.05, 3.63) is 59.7 Å². The van der Waals surface area contributed by atoms with Crippen molar-refractivity contribution >= 4 is 35.2 Å². The molecular formula is C21H20N2O3S. The molecule has 3 amide bonds. The highest BCUT2D eigenvalue weighted by Crippen LogP contribution is 2.37. The van der Waals surface area contributed by atoms with E-state index in [4.69, 9.17) is 0 Å². The third-order valence-electron chi connectivity index (χ3n) is 4.97. The van der Waals surface area contributed by atoms with Crippen LogP contribution in [-0.2, 0) is 4.79 Å². The molecule has 2 aromatic carbocycles. The van der Waals surface area contributed by atoms with Crippen LogP contribution in [0.1, 0.15) is 40.5 Å². The number of carbonyl (C=O) groups excluding carboxylic acids is 3. The number of hydrogen-bond donors (Lipinski definition) is 0. The number of imide groups is 1. The molecule has 6 heteroatoms. The highest BCUT2D eigenvalue weighted by molar-refractivity contribution is 8.00. The van der Waals surface area contributed by atoms with E-state index in [-0.39, 0.29) is 30.7 Å². The average molecular weight is 380 g/mol. The van der Waals surface area contributed by atoms with Gasteiger partial charge in [-0.25, -0.2) is 0 Å². The molecule has 138 valence electrons. The molecule has 2 heterocycles. The lowest BCUT2D eigenvalue weighted by Crippen LogP contribution is -2.37. The van der Waals surface area contributed by atoms with Crippen molar-refractivity contribution in [3.8, 4) is 0 Å². The molecule has 0 saturated heterocycles. The Labute approximate surface area is 162 Å². The first-order valence-electron chi connectivity index (χ1n) is 9.07. The van der Waals surface area contributed by atoms with Crippen molar-refractivity contribution in [2.45, 2.75) is 29.9 Å². The number of rotatable bonds is 3. The summed E-state index contributed by atoms with van der Waals surface area (Å²) in [5.41, 5.74) is 1.75. The van der Waals surface area contributed by atoms with Crippen LogP contribution in [0.5, 0.6) is 0 Å². The molecule has 0 radical (unpaired) electrons. The van der Waals surface area contributed by atoms with Crippen molar-refractivity contribution < 1.29 is 14.4 Å². The predicted molar refractivity (Wildman–Crippen MR) is 105 cm³/mol. The van der Waals surface area contributed by atoms with E-state index >= 15 is 0 Å². The van der Waals surface area contributed by atoms with Gasteiger partial charge in [-0.2, -0.15) is 0 Å². The van der Waals surface area contributed by atoms with E-state index in [1.54, 1.807) is 40.9 Å². The van der Waals surface area contributed by atoms with E-state index in [0.29, 0.717) is 22.9 Å². The van der Waals surface area contributed by atoms with Gasteiger partial charge in [0, 0.05) is 29.7 Å². The van der Waals surface area contributed by atoms with E-state index in [2.05, 4.69) is 6.92 Å². The Bertz CT molecular complexity index is 892. The van der Waals surface area contributed by atoms with Gasteiger partial charge in [0.05, 0.1) is 16.8 Å². The summed E-state index contributed by atoms with van der Waals surface area (Å²) in [5.74, 6) is -0.693. The van der Waals surface area contributed by atoms with Gasteiger partial charge in [0.2, 0.25) is 5.91 Å². The Hall–Kier alpha value is -2.60. The van der Waals surface area contributed by atoms with Gasteiger partial charge in [-0.05, 0) is 30.7 Å². The number of nitrogens with zero attached hydrogens (tertiary/aromatic N) is 2. The van der Waals surface area contributed by atoms with Crippen molar-refractivity contribution in [1.82, 2.24) is 4.90 Å². The lowest BCUT2D eigenvalue weighted by molar-refractivity contribution is -0.118.